The van der Waals surface area contributed by atoms with Crippen molar-refractivity contribution >= 4 is 11.5 Å². The van der Waals surface area contributed by atoms with E-state index in [9.17, 15) is 23.1 Å². The number of carbonyl (C=O) groups excluding carboxylic acids is 1. The van der Waals surface area contributed by atoms with Crippen LogP contribution in [0.15, 0.2) is 53.4 Å². The van der Waals surface area contributed by atoms with Crippen LogP contribution in [0.4, 0.5) is 13.2 Å². The lowest BCUT2D eigenvalue weighted by Crippen LogP contribution is -2.07. The highest BCUT2D eigenvalue weighted by Gasteiger charge is 2.34. The zero-order valence-corrected chi connectivity index (χ0v) is 12.8. The van der Waals surface area contributed by atoms with E-state index in [0.717, 1.165) is 30.8 Å². The van der Waals surface area contributed by atoms with Crippen LogP contribution < -0.4 is 4.74 Å². The van der Waals surface area contributed by atoms with Gasteiger partial charge in [-0.1, -0.05) is 12.1 Å². The third kappa shape index (κ3) is 3.58. The third-order valence-corrected chi connectivity index (χ3v) is 3.19. The molecule has 134 valence electrons. The monoisotopic (exact) mass is 365 g/mol. The lowest BCUT2D eigenvalue weighted by molar-refractivity contribution is -0.138. The molecule has 3 aromatic rings. The number of aromatic amines is 1. The number of rotatable bonds is 5. The SMILES string of the molecule is O=C(C=C(O)c1ncn[nH]1)c1occc1Oc1ccccc1C(F)(F)F. The number of halogens is 3. The number of allylic oxidation sites excluding steroid dienone is 1. The van der Waals surface area contributed by atoms with E-state index in [4.69, 9.17) is 9.15 Å². The Morgan fingerprint density at radius 1 is 1.23 bits per heavy atom. The Morgan fingerprint density at radius 3 is 2.69 bits per heavy atom. The third-order valence-electron chi connectivity index (χ3n) is 3.19. The van der Waals surface area contributed by atoms with E-state index in [0.29, 0.717) is 0 Å². The van der Waals surface area contributed by atoms with E-state index in [1.54, 1.807) is 0 Å². The number of aliphatic hydroxyl groups excluding tert-OH is 1. The maximum atomic E-state index is 13.0. The van der Waals surface area contributed by atoms with Gasteiger partial charge in [-0.25, -0.2) is 4.98 Å². The van der Waals surface area contributed by atoms with Crippen molar-refractivity contribution < 1.29 is 32.2 Å². The van der Waals surface area contributed by atoms with Crippen LogP contribution in [0.2, 0.25) is 0 Å². The minimum absolute atomic E-state index is 0.0604. The fraction of sp³-hybridized carbons (Fsp3) is 0.0625. The van der Waals surface area contributed by atoms with Crippen molar-refractivity contribution in [3.05, 3.63) is 66.1 Å². The van der Waals surface area contributed by atoms with Gasteiger partial charge >= 0.3 is 6.18 Å². The first-order valence-corrected chi connectivity index (χ1v) is 7.08. The molecule has 0 saturated heterocycles. The van der Waals surface area contributed by atoms with Gasteiger partial charge in [0.05, 0.1) is 11.8 Å². The number of nitrogens with zero attached hydrogens (tertiary/aromatic N) is 2. The van der Waals surface area contributed by atoms with E-state index < -0.39 is 29.0 Å². The first kappa shape index (κ1) is 17.3. The number of aromatic nitrogens is 3. The molecule has 26 heavy (non-hydrogen) atoms. The van der Waals surface area contributed by atoms with Gasteiger partial charge in [-0.2, -0.15) is 18.3 Å². The smallest absolute Gasteiger partial charge is 0.419 e. The van der Waals surface area contributed by atoms with Gasteiger partial charge in [0.15, 0.2) is 17.3 Å². The molecule has 0 aliphatic rings. The van der Waals surface area contributed by atoms with Gasteiger partial charge in [-0.3, -0.25) is 9.89 Å². The van der Waals surface area contributed by atoms with Crippen molar-refractivity contribution in [2.75, 3.05) is 0 Å². The average molecular weight is 365 g/mol. The lowest BCUT2D eigenvalue weighted by atomic mass is 10.2. The Morgan fingerprint density at radius 2 is 2.00 bits per heavy atom. The van der Waals surface area contributed by atoms with Crippen LogP contribution in [0.25, 0.3) is 5.76 Å². The quantitative estimate of drug-likeness (QED) is 0.403. The second kappa shape index (κ2) is 6.75. The van der Waals surface area contributed by atoms with Crippen LogP contribution in [0.3, 0.4) is 0 Å². The standard InChI is InChI=1S/C16H10F3N3O4/c17-16(18,19)9-3-1-2-4-12(9)26-13-5-6-25-14(13)10(23)7-11(24)15-20-8-21-22-15/h1-8,24H,(H,20,21,22). The fourth-order valence-corrected chi connectivity index (χ4v) is 2.05. The molecule has 2 aromatic heterocycles. The number of aliphatic hydroxyl groups is 1. The number of ether oxygens (including phenoxy) is 1. The number of carbonyl (C=O) groups is 1. The largest absolute Gasteiger partial charge is 0.504 e. The number of alkyl halides is 3. The average Bonchev–Trinajstić information content (AvgIpc) is 3.26. The molecule has 0 bridgehead atoms. The molecule has 0 atom stereocenters. The number of ketones is 1. The number of hydrogen-bond acceptors (Lipinski definition) is 6. The molecule has 2 N–H and O–H groups in total. The topological polar surface area (TPSA) is 101 Å². The van der Waals surface area contributed by atoms with Crippen LogP contribution >= 0.6 is 0 Å². The molecule has 1 aromatic carbocycles. The number of H-pyrrole nitrogens is 1. The van der Waals surface area contributed by atoms with E-state index in [-0.39, 0.29) is 17.3 Å². The molecule has 0 amide bonds. The number of nitrogens with one attached hydrogen (secondary N) is 1. The molecule has 0 aliphatic carbocycles. The Balaban J connectivity index is 1.89. The van der Waals surface area contributed by atoms with E-state index in [1.165, 1.54) is 18.2 Å². The van der Waals surface area contributed by atoms with Gasteiger partial charge in [0, 0.05) is 12.1 Å². The Kier molecular flexibility index (Phi) is 4.48. The maximum Gasteiger partial charge on any atom is 0.419 e. The summed E-state index contributed by atoms with van der Waals surface area (Å²) < 4.78 is 49.3. The van der Waals surface area contributed by atoms with Crippen LogP contribution in [0.1, 0.15) is 21.9 Å². The highest BCUT2D eigenvalue weighted by Crippen LogP contribution is 2.38. The summed E-state index contributed by atoms with van der Waals surface area (Å²) >= 11 is 0. The zero-order valence-electron chi connectivity index (χ0n) is 12.8. The van der Waals surface area contributed by atoms with Crippen LogP contribution in [0, 0.1) is 0 Å². The van der Waals surface area contributed by atoms with Crippen molar-refractivity contribution in [1.82, 2.24) is 15.2 Å². The Hall–Kier alpha value is -3.56. The molecule has 2 heterocycles. The lowest BCUT2D eigenvalue weighted by Gasteiger charge is -2.12. The van der Waals surface area contributed by atoms with Gasteiger partial charge in [0.2, 0.25) is 11.5 Å². The minimum atomic E-state index is -4.63. The first-order valence-electron chi connectivity index (χ1n) is 7.08. The van der Waals surface area contributed by atoms with Crippen LogP contribution in [0.5, 0.6) is 11.5 Å². The molecule has 10 heteroatoms. The van der Waals surface area contributed by atoms with Crippen molar-refractivity contribution in [3.63, 3.8) is 0 Å². The summed E-state index contributed by atoms with van der Waals surface area (Å²) in [7, 11) is 0. The van der Waals surface area contributed by atoms with Crippen molar-refractivity contribution in [1.29, 1.82) is 0 Å². The summed E-state index contributed by atoms with van der Waals surface area (Å²) in [6.45, 7) is 0. The molecule has 7 nitrogen and oxygen atoms in total. The molecular formula is C16H10F3N3O4. The van der Waals surface area contributed by atoms with Gasteiger partial charge < -0.3 is 14.3 Å². The summed E-state index contributed by atoms with van der Waals surface area (Å²) in [4.78, 5) is 15.9. The van der Waals surface area contributed by atoms with Crippen molar-refractivity contribution in [2.24, 2.45) is 0 Å². The van der Waals surface area contributed by atoms with Gasteiger partial charge in [0.1, 0.15) is 12.1 Å². The molecule has 0 saturated carbocycles. The van der Waals surface area contributed by atoms with Crippen molar-refractivity contribution in [3.8, 4) is 11.5 Å². The zero-order chi connectivity index (χ0) is 18.7. The normalized spacial score (nSPS) is 12.2. The summed E-state index contributed by atoms with van der Waals surface area (Å²) in [6.07, 6.45) is -1.64. The summed E-state index contributed by atoms with van der Waals surface area (Å²) in [5, 5.41) is 15.6. The Labute approximate surface area is 143 Å². The Bertz CT molecular complexity index is 946. The summed E-state index contributed by atoms with van der Waals surface area (Å²) in [6, 6.07) is 5.75. The predicted octanol–water partition coefficient (Wildman–Crippen LogP) is 3.99. The molecule has 0 unspecified atom stereocenters. The van der Waals surface area contributed by atoms with Gasteiger partial charge in [-0.05, 0) is 12.1 Å². The summed E-state index contributed by atoms with van der Waals surface area (Å²) in [5.74, 6) is -2.51. The second-order valence-corrected chi connectivity index (χ2v) is 4.94. The summed E-state index contributed by atoms with van der Waals surface area (Å²) in [5.41, 5.74) is -1.00. The van der Waals surface area contributed by atoms with Crippen molar-refractivity contribution in [2.45, 2.75) is 6.18 Å². The number of para-hydroxylation sites is 1. The molecular weight excluding hydrogens is 355 g/mol. The number of benzene rings is 1. The molecule has 0 fully saturated rings. The van der Waals surface area contributed by atoms with Gasteiger partial charge in [-0.15, -0.1) is 0 Å². The number of hydrogen-bond donors (Lipinski definition) is 2. The molecule has 0 radical (unpaired) electrons. The number of furan rings is 1. The fourth-order valence-electron chi connectivity index (χ4n) is 2.05. The molecule has 3 rings (SSSR count). The minimum Gasteiger partial charge on any atom is -0.504 e. The van der Waals surface area contributed by atoms with Crippen LogP contribution in [-0.2, 0) is 6.18 Å². The predicted molar refractivity (Wildman–Crippen MR) is 81.5 cm³/mol. The van der Waals surface area contributed by atoms with E-state index in [1.807, 2.05) is 0 Å². The van der Waals surface area contributed by atoms with Crippen LogP contribution in [-0.4, -0.2) is 26.1 Å². The molecule has 0 aliphatic heterocycles. The van der Waals surface area contributed by atoms with E-state index in [2.05, 4.69) is 15.2 Å². The van der Waals surface area contributed by atoms with E-state index >= 15 is 0 Å². The highest BCUT2D eigenvalue weighted by molar-refractivity contribution is 6.07. The maximum absolute atomic E-state index is 13.0. The molecule has 0 spiro atoms. The first-order chi connectivity index (χ1) is 12.4. The second-order valence-electron chi connectivity index (χ2n) is 4.94. The van der Waals surface area contributed by atoms with Gasteiger partial charge in [0.25, 0.3) is 0 Å². The highest BCUT2D eigenvalue weighted by atomic mass is 19.4.